The Kier molecular flexibility index (Phi) is 5.27. The van der Waals surface area contributed by atoms with E-state index in [-0.39, 0.29) is 16.4 Å². The maximum atomic E-state index is 12.9. The molecule has 1 aliphatic rings. The van der Waals surface area contributed by atoms with Crippen LogP contribution in [0, 0.1) is 0 Å². The predicted molar refractivity (Wildman–Crippen MR) is 98.0 cm³/mol. The zero-order valence-electron chi connectivity index (χ0n) is 13.7. The summed E-state index contributed by atoms with van der Waals surface area (Å²) < 4.78 is 49.8. The van der Waals surface area contributed by atoms with Crippen LogP contribution in [-0.4, -0.2) is 46.2 Å². The molecule has 1 N–H and O–H groups in total. The summed E-state index contributed by atoms with van der Waals surface area (Å²) in [7, 11) is -7.07. The molecule has 0 aliphatic carbocycles. The van der Waals surface area contributed by atoms with Crippen molar-refractivity contribution in [2.45, 2.75) is 22.6 Å². The SMILES string of the molecule is O=S1(=O)C[C@H](NCCc2ccccc2)[C@@H](S(=O)(=O)c2ccccc2)C1. The quantitative estimate of drug-likeness (QED) is 0.822. The second-order valence-corrected chi connectivity index (χ2v) is 10.6. The minimum atomic E-state index is -3.70. The van der Waals surface area contributed by atoms with Gasteiger partial charge in [0.05, 0.1) is 21.7 Å². The molecule has 5 nitrogen and oxygen atoms in total. The lowest BCUT2D eigenvalue weighted by molar-refractivity contribution is 0.528. The van der Waals surface area contributed by atoms with Crippen LogP contribution >= 0.6 is 0 Å². The van der Waals surface area contributed by atoms with Gasteiger partial charge in [0.15, 0.2) is 19.7 Å². The fraction of sp³-hybridized carbons (Fsp3) is 0.333. The molecule has 2 atom stereocenters. The Labute approximate surface area is 148 Å². The summed E-state index contributed by atoms with van der Waals surface area (Å²) in [4.78, 5) is 0.173. The van der Waals surface area contributed by atoms with Crippen molar-refractivity contribution in [3.05, 3.63) is 66.2 Å². The molecule has 134 valence electrons. The van der Waals surface area contributed by atoms with Crippen LogP contribution in [0.4, 0.5) is 0 Å². The van der Waals surface area contributed by atoms with Crippen molar-refractivity contribution < 1.29 is 16.8 Å². The fourth-order valence-electron chi connectivity index (χ4n) is 3.14. The molecule has 0 saturated carbocycles. The van der Waals surface area contributed by atoms with Crippen LogP contribution in [0.5, 0.6) is 0 Å². The topological polar surface area (TPSA) is 80.3 Å². The lowest BCUT2D eigenvalue weighted by Gasteiger charge is -2.20. The summed E-state index contributed by atoms with van der Waals surface area (Å²) in [6, 6.07) is 17.3. The van der Waals surface area contributed by atoms with Crippen molar-refractivity contribution in [3.8, 4) is 0 Å². The molecular weight excluding hydrogens is 358 g/mol. The minimum absolute atomic E-state index is 0.140. The second kappa shape index (κ2) is 7.27. The number of nitrogens with one attached hydrogen (secondary N) is 1. The predicted octanol–water partition coefficient (Wildman–Crippen LogP) is 1.46. The number of sulfone groups is 2. The Morgan fingerprint density at radius 2 is 1.52 bits per heavy atom. The molecule has 0 radical (unpaired) electrons. The molecule has 0 aromatic heterocycles. The van der Waals surface area contributed by atoms with Crippen LogP contribution < -0.4 is 5.32 Å². The lowest BCUT2D eigenvalue weighted by atomic mass is 10.1. The summed E-state index contributed by atoms with van der Waals surface area (Å²) in [6.45, 7) is 0.533. The van der Waals surface area contributed by atoms with Crippen molar-refractivity contribution in [3.63, 3.8) is 0 Å². The van der Waals surface area contributed by atoms with Gasteiger partial charge in [-0.25, -0.2) is 16.8 Å². The number of hydrogen-bond donors (Lipinski definition) is 1. The van der Waals surface area contributed by atoms with E-state index < -0.39 is 31.0 Å². The van der Waals surface area contributed by atoms with E-state index in [1.54, 1.807) is 18.2 Å². The Hall–Kier alpha value is -1.70. The third-order valence-electron chi connectivity index (χ3n) is 4.43. The van der Waals surface area contributed by atoms with Gasteiger partial charge in [-0.05, 0) is 30.7 Å². The fourth-order valence-corrected chi connectivity index (χ4v) is 7.88. The number of hydrogen-bond acceptors (Lipinski definition) is 5. The van der Waals surface area contributed by atoms with Crippen LogP contribution in [0.1, 0.15) is 5.56 Å². The first-order valence-electron chi connectivity index (χ1n) is 8.15. The third-order valence-corrected chi connectivity index (χ3v) is 8.60. The van der Waals surface area contributed by atoms with Gasteiger partial charge in [-0.2, -0.15) is 0 Å². The van der Waals surface area contributed by atoms with E-state index in [0.717, 1.165) is 12.0 Å². The minimum Gasteiger partial charge on any atom is -0.311 e. The van der Waals surface area contributed by atoms with E-state index in [9.17, 15) is 16.8 Å². The van der Waals surface area contributed by atoms with E-state index in [0.29, 0.717) is 6.54 Å². The highest BCUT2D eigenvalue weighted by atomic mass is 32.2. The first-order valence-corrected chi connectivity index (χ1v) is 11.5. The van der Waals surface area contributed by atoms with Crippen LogP contribution in [0.25, 0.3) is 0 Å². The van der Waals surface area contributed by atoms with Crippen molar-refractivity contribution in [1.82, 2.24) is 5.32 Å². The average Bonchev–Trinajstić information content (AvgIpc) is 2.92. The Morgan fingerprint density at radius 3 is 2.16 bits per heavy atom. The van der Waals surface area contributed by atoms with E-state index in [2.05, 4.69) is 5.32 Å². The van der Waals surface area contributed by atoms with Crippen molar-refractivity contribution in [2.75, 3.05) is 18.1 Å². The molecule has 2 aromatic rings. The van der Waals surface area contributed by atoms with Crippen molar-refractivity contribution in [1.29, 1.82) is 0 Å². The zero-order valence-corrected chi connectivity index (χ0v) is 15.3. The maximum absolute atomic E-state index is 12.9. The van der Waals surface area contributed by atoms with E-state index in [4.69, 9.17) is 0 Å². The standard InChI is InChI=1S/C18H21NO4S2/c20-24(21)13-17(19-12-11-15-7-3-1-4-8-15)18(14-24)25(22,23)16-9-5-2-6-10-16/h1-10,17-19H,11-14H2/t17-,18-/m0/s1. The van der Waals surface area contributed by atoms with Gasteiger partial charge in [-0.1, -0.05) is 48.5 Å². The summed E-state index contributed by atoms with van der Waals surface area (Å²) in [5.74, 6) is -0.467. The monoisotopic (exact) mass is 379 g/mol. The highest BCUT2D eigenvalue weighted by Crippen LogP contribution is 2.25. The van der Waals surface area contributed by atoms with Gasteiger partial charge in [0.1, 0.15) is 0 Å². The van der Waals surface area contributed by atoms with Gasteiger partial charge in [0.25, 0.3) is 0 Å². The number of rotatable bonds is 6. The molecule has 0 bridgehead atoms. The summed E-state index contributed by atoms with van der Waals surface area (Å²) >= 11 is 0. The van der Waals surface area contributed by atoms with Crippen molar-refractivity contribution >= 4 is 19.7 Å². The van der Waals surface area contributed by atoms with Crippen LogP contribution in [0.2, 0.25) is 0 Å². The van der Waals surface area contributed by atoms with Gasteiger partial charge in [-0.15, -0.1) is 0 Å². The Morgan fingerprint density at radius 1 is 0.920 bits per heavy atom. The molecule has 1 heterocycles. The van der Waals surface area contributed by atoms with Crippen LogP contribution in [0.15, 0.2) is 65.6 Å². The Bertz CT molecular complexity index is 910. The van der Waals surface area contributed by atoms with Gasteiger partial charge in [0.2, 0.25) is 0 Å². The van der Waals surface area contributed by atoms with Crippen LogP contribution in [0.3, 0.4) is 0 Å². The van der Waals surface area contributed by atoms with E-state index in [1.165, 1.54) is 12.1 Å². The molecule has 25 heavy (non-hydrogen) atoms. The first kappa shape index (κ1) is 18.1. The van der Waals surface area contributed by atoms with E-state index >= 15 is 0 Å². The largest absolute Gasteiger partial charge is 0.311 e. The second-order valence-electron chi connectivity index (χ2n) is 6.27. The average molecular weight is 380 g/mol. The van der Waals surface area contributed by atoms with Crippen molar-refractivity contribution in [2.24, 2.45) is 0 Å². The molecule has 1 saturated heterocycles. The molecule has 0 spiro atoms. The van der Waals surface area contributed by atoms with Gasteiger partial charge < -0.3 is 5.32 Å². The molecule has 3 rings (SSSR count). The molecule has 1 fully saturated rings. The van der Waals surface area contributed by atoms with Crippen LogP contribution in [-0.2, 0) is 26.1 Å². The maximum Gasteiger partial charge on any atom is 0.183 e. The highest BCUT2D eigenvalue weighted by molar-refractivity contribution is 7.96. The molecule has 0 amide bonds. The smallest absolute Gasteiger partial charge is 0.183 e. The highest BCUT2D eigenvalue weighted by Gasteiger charge is 2.45. The summed E-state index contributed by atoms with van der Waals surface area (Å²) in [5.41, 5.74) is 1.12. The zero-order chi connectivity index (χ0) is 17.9. The molecule has 7 heteroatoms. The summed E-state index contributed by atoms with van der Waals surface area (Å²) in [5, 5.41) is 2.20. The molecule has 1 aliphatic heterocycles. The third kappa shape index (κ3) is 4.29. The van der Waals surface area contributed by atoms with Gasteiger partial charge >= 0.3 is 0 Å². The molecule has 2 aromatic carbocycles. The molecular formula is C18H21NO4S2. The molecule has 0 unspecified atom stereocenters. The number of benzene rings is 2. The Balaban J connectivity index is 1.75. The lowest BCUT2D eigenvalue weighted by Crippen LogP contribution is -2.44. The summed E-state index contributed by atoms with van der Waals surface area (Å²) in [6.07, 6.45) is 0.718. The first-order chi connectivity index (χ1) is 11.9. The normalized spacial score (nSPS) is 22.7. The van der Waals surface area contributed by atoms with E-state index in [1.807, 2.05) is 30.3 Å². The van der Waals surface area contributed by atoms with Gasteiger partial charge in [-0.3, -0.25) is 0 Å². The van der Waals surface area contributed by atoms with Gasteiger partial charge in [0, 0.05) is 6.04 Å².